The number of nitrogens with zero attached hydrogens (tertiary/aromatic N) is 1. The summed E-state index contributed by atoms with van der Waals surface area (Å²) in [6.07, 6.45) is -2.72. The molecule has 0 aliphatic carbocycles. The predicted octanol–water partition coefficient (Wildman–Crippen LogP) is 2.07. The molecule has 0 radical (unpaired) electrons. The van der Waals surface area contributed by atoms with Crippen molar-refractivity contribution in [1.29, 1.82) is 0 Å². The number of likely N-dealkylation sites (tertiary alicyclic amines) is 1. The number of rotatable bonds is 6. The van der Waals surface area contributed by atoms with Crippen molar-refractivity contribution in [3.05, 3.63) is 35.4 Å². The van der Waals surface area contributed by atoms with Gasteiger partial charge in [0.2, 0.25) is 5.91 Å². The Kier molecular flexibility index (Phi) is 6.62. The highest BCUT2D eigenvalue weighted by Gasteiger charge is 2.33. The van der Waals surface area contributed by atoms with Gasteiger partial charge in [0.1, 0.15) is 0 Å². The van der Waals surface area contributed by atoms with E-state index in [1.807, 2.05) is 0 Å². The molecule has 2 N–H and O–H groups in total. The summed E-state index contributed by atoms with van der Waals surface area (Å²) in [4.78, 5) is 14.1. The summed E-state index contributed by atoms with van der Waals surface area (Å²) in [5.41, 5.74) is -0.775. The molecule has 0 saturated carbocycles. The van der Waals surface area contributed by atoms with E-state index in [2.05, 4.69) is 10.2 Å². The van der Waals surface area contributed by atoms with Crippen molar-refractivity contribution in [3.63, 3.8) is 0 Å². The summed E-state index contributed by atoms with van der Waals surface area (Å²) in [6.45, 7) is 2.91. The Hall–Kier alpha value is -1.60. The second kappa shape index (κ2) is 8.48. The lowest BCUT2D eigenvalue weighted by Gasteiger charge is -2.31. The predicted molar refractivity (Wildman–Crippen MR) is 84.4 cm³/mol. The maximum atomic E-state index is 12.9. The van der Waals surface area contributed by atoms with Crippen molar-refractivity contribution < 1.29 is 23.1 Å². The van der Waals surface area contributed by atoms with E-state index in [-0.39, 0.29) is 24.5 Å². The quantitative estimate of drug-likeness (QED) is 0.831. The average molecular weight is 344 g/mol. The van der Waals surface area contributed by atoms with Crippen molar-refractivity contribution in [2.45, 2.75) is 25.4 Å². The van der Waals surface area contributed by atoms with E-state index in [4.69, 9.17) is 0 Å². The number of nitrogens with one attached hydrogen (secondary N) is 1. The van der Waals surface area contributed by atoms with Gasteiger partial charge in [-0.25, -0.2) is 0 Å². The van der Waals surface area contributed by atoms with Gasteiger partial charge in [-0.1, -0.05) is 18.2 Å². The molecule has 24 heavy (non-hydrogen) atoms. The van der Waals surface area contributed by atoms with E-state index < -0.39 is 17.6 Å². The Balaban J connectivity index is 1.80. The van der Waals surface area contributed by atoms with Crippen LogP contribution in [0.1, 0.15) is 24.0 Å². The van der Waals surface area contributed by atoms with Gasteiger partial charge in [-0.3, -0.25) is 4.79 Å². The lowest BCUT2D eigenvalue weighted by molar-refractivity contribution is -0.138. The maximum absolute atomic E-state index is 12.9. The molecule has 2 rings (SSSR count). The summed E-state index contributed by atoms with van der Waals surface area (Å²) in [5, 5.41) is 11.9. The van der Waals surface area contributed by atoms with Crippen LogP contribution in [0.15, 0.2) is 24.3 Å². The summed E-state index contributed by atoms with van der Waals surface area (Å²) < 4.78 is 38.7. The third-order valence-electron chi connectivity index (χ3n) is 4.29. The van der Waals surface area contributed by atoms with Crippen LogP contribution in [0.25, 0.3) is 0 Å². The Morgan fingerprint density at radius 3 is 2.79 bits per heavy atom. The fourth-order valence-corrected chi connectivity index (χ4v) is 3.04. The lowest BCUT2D eigenvalue weighted by atomic mass is 9.99. The van der Waals surface area contributed by atoms with E-state index in [1.165, 1.54) is 18.2 Å². The molecular formula is C17H23F3N2O2. The van der Waals surface area contributed by atoms with Crippen molar-refractivity contribution >= 4 is 5.91 Å². The normalized spacial score (nSPS) is 19.2. The Bertz CT molecular complexity index is 549. The first-order valence-corrected chi connectivity index (χ1v) is 8.15. The number of hydrogen-bond donors (Lipinski definition) is 2. The topological polar surface area (TPSA) is 52.6 Å². The third-order valence-corrected chi connectivity index (χ3v) is 4.29. The number of amides is 1. The van der Waals surface area contributed by atoms with E-state index in [0.717, 1.165) is 32.0 Å². The van der Waals surface area contributed by atoms with Crippen LogP contribution >= 0.6 is 0 Å². The largest absolute Gasteiger partial charge is 0.416 e. The van der Waals surface area contributed by atoms with Gasteiger partial charge < -0.3 is 15.3 Å². The van der Waals surface area contributed by atoms with Gasteiger partial charge in [0.05, 0.1) is 12.0 Å². The van der Waals surface area contributed by atoms with E-state index in [1.54, 1.807) is 0 Å². The monoisotopic (exact) mass is 344 g/mol. The van der Waals surface area contributed by atoms with Crippen LogP contribution in [0.3, 0.4) is 0 Å². The van der Waals surface area contributed by atoms with Crippen LogP contribution in [0, 0.1) is 5.92 Å². The number of benzene rings is 1. The lowest BCUT2D eigenvalue weighted by Crippen LogP contribution is -2.41. The molecule has 1 saturated heterocycles. The second-order valence-corrected chi connectivity index (χ2v) is 6.17. The summed E-state index contributed by atoms with van der Waals surface area (Å²) in [7, 11) is 0. The molecule has 134 valence electrons. The first-order valence-electron chi connectivity index (χ1n) is 8.15. The standard InChI is InChI=1S/C17H23F3N2O2/c18-17(19,20)15-6-2-1-5-14(15)10-16(24)21-7-9-22-8-3-4-13(11-22)12-23/h1-2,5-6,13,23H,3-4,7-12H2,(H,21,24). The minimum atomic E-state index is -4.45. The molecule has 4 nitrogen and oxygen atoms in total. The molecule has 1 amide bonds. The molecule has 1 aromatic rings. The molecule has 0 spiro atoms. The third kappa shape index (κ3) is 5.49. The highest BCUT2D eigenvalue weighted by atomic mass is 19.4. The van der Waals surface area contributed by atoms with E-state index >= 15 is 0 Å². The van der Waals surface area contributed by atoms with Gasteiger partial charge in [0.25, 0.3) is 0 Å². The second-order valence-electron chi connectivity index (χ2n) is 6.17. The highest BCUT2D eigenvalue weighted by Crippen LogP contribution is 2.31. The van der Waals surface area contributed by atoms with Crippen LogP contribution in [0.2, 0.25) is 0 Å². The number of piperidine rings is 1. The molecule has 1 aliphatic rings. The van der Waals surface area contributed by atoms with E-state index in [9.17, 15) is 23.1 Å². The van der Waals surface area contributed by atoms with Crippen LogP contribution in [0.4, 0.5) is 13.2 Å². The Labute approximate surface area is 139 Å². The summed E-state index contributed by atoms with van der Waals surface area (Å²) in [5.74, 6) is -0.143. The zero-order valence-corrected chi connectivity index (χ0v) is 13.5. The summed E-state index contributed by atoms with van der Waals surface area (Å²) >= 11 is 0. The number of carbonyl (C=O) groups excluding carboxylic acids is 1. The Morgan fingerprint density at radius 1 is 1.33 bits per heavy atom. The maximum Gasteiger partial charge on any atom is 0.416 e. The average Bonchev–Trinajstić information content (AvgIpc) is 2.54. The van der Waals surface area contributed by atoms with Gasteiger partial charge in [-0.2, -0.15) is 13.2 Å². The Morgan fingerprint density at radius 2 is 2.08 bits per heavy atom. The molecule has 1 atom stereocenters. The van der Waals surface area contributed by atoms with Crippen molar-refractivity contribution in [1.82, 2.24) is 10.2 Å². The fourth-order valence-electron chi connectivity index (χ4n) is 3.04. The van der Waals surface area contributed by atoms with Gasteiger partial charge in [-0.15, -0.1) is 0 Å². The fraction of sp³-hybridized carbons (Fsp3) is 0.588. The molecule has 1 aromatic carbocycles. The molecule has 1 fully saturated rings. The molecule has 1 unspecified atom stereocenters. The number of hydrogen-bond acceptors (Lipinski definition) is 3. The molecule has 0 bridgehead atoms. The number of alkyl halides is 3. The van der Waals surface area contributed by atoms with Crippen LogP contribution in [-0.4, -0.2) is 48.7 Å². The van der Waals surface area contributed by atoms with Crippen LogP contribution < -0.4 is 5.32 Å². The van der Waals surface area contributed by atoms with Crippen molar-refractivity contribution in [2.75, 3.05) is 32.8 Å². The van der Waals surface area contributed by atoms with Crippen LogP contribution in [-0.2, 0) is 17.4 Å². The number of aliphatic hydroxyl groups excluding tert-OH is 1. The van der Waals surface area contributed by atoms with Gasteiger partial charge in [0.15, 0.2) is 0 Å². The van der Waals surface area contributed by atoms with Crippen LogP contribution in [0.5, 0.6) is 0 Å². The van der Waals surface area contributed by atoms with Gasteiger partial charge in [0, 0.05) is 26.2 Å². The molecule has 0 aromatic heterocycles. The first kappa shape index (κ1) is 18.7. The van der Waals surface area contributed by atoms with Gasteiger partial charge in [-0.05, 0) is 36.9 Å². The minimum Gasteiger partial charge on any atom is -0.396 e. The number of halogens is 3. The molecule has 1 heterocycles. The SMILES string of the molecule is O=C(Cc1ccccc1C(F)(F)F)NCCN1CCCC(CO)C1. The zero-order valence-electron chi connectivity index (χ0n) is 13.5. The number of carbonyl (C=O) groups is 1. The summed E-state index contributed by atoms with van der Waals surface area (Å²) in [6, 6.07) is 5.14. The van der Waals surface area contributed by atoms with Crippen molar-refractivity contribution in [2.24, 2.45) is 5.92 Å². The zero-order chi connectivity index (χ0) is 17.6. The van der Waals surface area contributed by atoms with E-state index in [0.29, 0.717) is 13.1 Å². The highest BCUT2D eigenvalue weighted by molar-refractivity contribution is 5.79. The number of aliphatic hydroxyl groups is 1. The van der Waals surface area contributed by atoms with Gasteiger partial charge >= 0.3 is 6.18 Å². The molecule has 1 aliphatic heterocycles. The first-order chi connectivity index (χ1) is 11.4. The minimum absolute atomic E-state index is 0.0131. The molecule has 7 heteroatoms. The van der Waals surface area contributed by atoms with Crippen molar-refractivity contribution in [3.8, 4) is 0 Å². The smallest absolute Gasteiger partial charge is 0.396 e. The molecular weight excluding hydrogens is 321 g/mol.